The lowest BCUT2D eigenvalue weighted by Gasteiger charge is -2.07. The number of para-hydroxylation sites is 1. The fourth-order valence-electron chi connectivity index (χ4n) is 2.47. The van der Waals surface area contributed by atoms with Gasteiger partial charge in [0.2, 0.25) is 5.91 Å². The van der Waals surface area contributed by atoms with Crippen molar-refractivity contribution in [2.75, 3.05) is 5.32 Å². The highest BCUT2D eigenvalue weighted by Crippen LogP contribution is 2.22. The van der Waals surface area contributed by atoms with Gasteiger partial charge in [-0.1, -0.05) is 23.7 Å². The average Bonchev–Trinajstić information content (AvgIpc) is 2.57. The van der Waals surface area contributed by atoms with E-state index in [1.165, 1.54) is 12.1 Å². The van der Waals surface area contributed by atoms with Gasteiger partial charge in [-0.3, -0.25) is 9.59 Å². The molecule has 0 bridgehead atoms. The zero-order valence-corrected chi connectivity index (χ0v) is 13.9. The summed E-state index contributed by atoms with van der Waals surface area (Å²) in [5.74, 6) is -0.165. The standard InChI is InChI=1S/C18H15ClFN3O2/c19-13-10-11(20)8-9-15(13)22-17(24)7-3-6-16-21-14-5-2-1-4-12(14)18(25)23-16/h1-2,4-5,8-10H,3,6-7H2,(H,22,24)(H,21,23,25). The number of hydrogen-bond donors (Lipinski definition) is 2. The van der Waals surface area contributed by atoms with Gasteiger partial charge in [0.1, 0.15) is 11.6 Å². The van der Waals surface area contributed by atoms with Crippen LogP contribution in [0.5, 0.6) is 0 Å². The van der Waals surface area contributed by atoms with Crippen molar-refractivity contribution < 1.29 is 9.18 Å². The van der Waals surface area contributed by atoms with Crippen LogP contribution in [0.3, 0.4) is 0 Å². The van der Waals surface area contributed by atoms with Gasteiger partial charge in [-0.15, -0.1) is 0 Å². The second kappa shape index (κ2) is 7.44. The highest BCUT2D eigenvalue weighted by atomic mass is 35.5. The highest BCUT2D eigenvalue weighted by molar-refractivity contribution is 6.33. The Morgan fingerprint density at radius 3 is 2.84 bits per heavy atom. The molecular weight excluding hydrogens is 345 g/mol. The first kappa shape index (κ1) is 17.1. The first-order valence-electron chi connectivity index (χ1n) is 7.76. The van der Waals surface area contributed by atoms with E-state index in [2.05, 4.69) is 15.3 Å². The van der Waals surface area contributed by atoms with Crippen LogP contribution < -0.4 is 10.9 Å². The minimum Gasteiger partial charge on any atom is -0.325 e. The van der Waals surface area contributed by atoms with Gasteiger partial charge in [-0.2, -0.15) is 0 Å². The molecule has 5 nitrogen and oxygen atoms in total. The number of anilines is 1. The number of rotatable bonds is 5. The molecule has 0 unspecified atom stereocenters. The Morgan fingerprint density at radius 2 is 2.04 bits per heavy atom. The molecule has 0 aliphatic carbocycles. The van der Waals surface area contributed by atoms with Crippen LogP contribution >= 0.6 is 11.6 Å². The number of nitrogens with zero attached hydrogens (tertiary/aromatic N) is 1. The second-order valence-corrected chi connectivity index (χ2v) is 5.96. The number of fused-ring (bicyclic) bond motifs is 1. The van der Waals surface area contributed by atoms with Crippen molar-refractivity contribution in [2.24, 2.45) is 0 Å². The lowest BCUT2D eigenvalue weighted by Crippen LogP contribution is -2.14. The maximum absolute atomic E-state index is 13.0. The smallest absolute Gasteiger partial charge is 0.258 e. The lowest BCUT2D eigenvalue weighted by molar-refractivity contribution is -0.116. The normalized spacial score (nSPS) is 10.8. The largest absolute Gasteiger partial charge is 0.325 e. The van der Waals surface area contributed by atoms with E-state index in [1.807, 2.05) is 6.07 Å². The Labute approximate surface area is 147 Å². The highest BCUT2D eigenvalue weighted by Gasteiger charge is 2.08. The van der Waals surface area contributed by atoms with Crippen LogP contribution in [-0.2, 0) is 11.2 Å². The maximum Gasteiger partial charge on any atom is 0.258 e. The van der Waals surface area contributed by atoms with Crippen molar-refractivity contribution in [3.05, 3.63) is 69.5 Å². The van der Waals surface area contributed by atoms with Gasteiger partial charge in [-0.25, -0.2) is 9.37 Å². The number of amides is 1. The minimum absolute atomic E-state index is 0.147. The van der Waals surface area contributed by atoms with E-state index in [9.17, 15) is 14.0 Å². The second-order valence-electron chi connectivity index (χ2n) is 5.56. The van der Waals surface area contributed by atoms with Crippen LogP contribution in [0.1, 0.15) is 18.7 Å². The van der Waals surface area contributed by atoms with Crippen molar-refractivity contribution in [2.45, 2.75) is 19.3 Å². The Balaban J connectivity index is 1.59. The number of carbonyl (C=O) groups is 1. The molecule has 0 aliphatic rings. The molecule has 3 rings (SSSR count). The van der Waals surface area contributed by atoms with E-state index in [0.717, 1.165) is 6.07 Å². The molecule has 3 aromatic rings. The van der Waals surface area contributed by atoms with E-state index in [0.29, 0.717) is 35.3 Å². The van der Waals surface area contributed by atoms with Crippen molar-refractivity contribution in [3.63, 3.8) is 0 Å². The van der Waals surface area contributed by atoms with E-state index >= 15 is 0 Å². The Kier molecular flexibility index (Phi) is 5.09. The first-order chi connectivity index (χ1) is 12.0. The molecule has 2 aromatic carbocycles. The number of carbonyl (C=O) groups excluding carboxylic acids is 1. The molecular formula is C18H15ClFN3O2. The van der Waals surface area contributed by atoms with Crippen molar-refractivity contribution in [3.8, 4) is 0 Å². The predicted octanol–water partition coefficient (Wildman–Crippen LogP) is 3.68. The number of halogens is 2. The summed E-state index contributed by atoms with van der Waals surface area (Å²) in [5, 5.41) is 3.32. The van der Waals surface area contributed by atoms with Crippen LogP contribution in [0.4, 0.5) is 10.1 Å². The van der Waals surface area contributed by atoms with E-state index in [-0.39, 0.29) is 22.9 Å². The molecule has 0 spiro atoms. The summed E-state index contributed by atoms with van der Waals surface area (Å²) in [7, 11) is 0. The third kappa shape index (κ3) is 4.22. The number of aryl methyl sites for hydroxylation is 1. The number of nitrogens with one attached hydrogen (secondary N) is 2. The van der Waals surface area contributed by atoms with Crippen LogP contribution in [0, 0.1) is 5.82 Å². The summed E-state index contributed by atoms with van der Waals surface area (Å²) in [6, 6.07) is 10.9. The van der Waals surface area contributed by atoms with E-state index in [4.69, 9.17) is 11.6 Å². The zero-order chi connectivity index (χ0) is 17.8. The van der Waals surface area contributed by atoms with Crippen molar-refractivity contribution >= 4 is 34.1 Å². The van der Waals surface area contributed by atoms with Gasteiger partial charge in [0, 0.05) is 12.8 Å². The van der Waals surface area contributed by atoms with Gasteiger partial charge < -0.3 is 10.3 Å². The molecule has 0 saturated heterocycles. The summed E-state index contributed by atoms with van der Waals surface area (Å²) in [4.78, 5) is 31.1. The first-order valence-corrected chi connectivity index (χ1v) is 8.13. The molecule has 0 atom stereocenters. The third-order valence-electron chi connectivity index (χ3n) is 3.68. The summed E-state index contributed by atoms with van der Waals surface area (Å²) in [6.07, 6.45) is 1.20. The average molecular weight is 360 g/mol. The van der Waals surface area contributed by atoms with Crippen LogP contribution in [0.15, 0.2) is 47.3 Å². The van der Waals surface area contributed by atoms with Crippen molar-refractivity contribution in [1.29, 1.82) is 0 Å². The Morgan fingerprint density at radius 1 is 1.24 bits per heavy atom. The SMILES string of the molecule is O=C(CCCc1nc2ccccc2c(=O)[nH]1)Nc1ccc(F)cc1Cl. The van der Waals surface area contributed by atoms with Crippen LogP contribution in [-0.4, -0.2) is 15.9 Å². The Bertz CT molecular complexity index is 987. The fraction of sp³-hybridized carbons (Fsp3) is 0.167. The van der Waals surface area contributed by atoms with E-state index < -0.39 is 5.82 Å². The van der Waals surface area contributed by atoms with Gasteiger partial charge >= 0.3 is 0 Å². The summed E-state index contributed by atoms with van der Waals surface area (Å²) < 4.78 is 13.0. The predicted molar refractivity (Wildman–Crippen MR) is 95.3 cm³/mol. The molecule has 0 fully saturated rings. The molecule has 128 valence electrons. The molecule has 0 radical (unpaired) electrons. The van der Waals surface area contributed by atoms with Gasteiger partial charge in [-0.05, 0) is 36.8 Å². The number of benzene rings is 2. The molecule has 1 aromatic heterocycles. The van der Waals surface area contributed by atoms with Gasteiger partial charge in [0.05, 0.1) is 21.6 Å². The topological polar surface area (TPSA) is 74.8 Å². The Hall–Kier alpha value is -2.73. The molecule has 2 N–H and O–H groups in total. The van der Waals surface area contributed by atoms with Gasteiger partial charge in [0.15, 0.2) is 0 Å². The number of hydrogen-bond acceptors (Lipinski definition) is 3. The summed E-state index contributed by atoms with van der Waals surface area (Å²) in [5.41, 5.74) is 0.803. The summed E-state index contributed by atoms with van der Waals surface area (Å²) >= 11 is 5.87. The fourth-order valence-corrected chi connectivity index (χ4v) is 2.69. The van der Waals surface area contributed by atoms with Gasteiger partial charge in [0.25, 0.3) is 5.56 Å². The van der Waals surface area contributed by atoms with Crippen LogP contribution in [0.2, 0.25) is 5.02 Å². The third-order valence-corrected chi connectivity index (χ3v) is 4.00. The number of H-pyrrole nitrogens is 1. The van der Waals surface area contributed by atoms with Crippen LogP contribution in [0.25, 0.3) is 10.9 Å². The van der Waals surface area contributed by atoms with E-state index in [1.54, 1.807) is 18.2 Å². The molecule has 1 amide bonds. The number of aromatic amines is 1. The molecule has 25 heavy (non-hydrogen) atoms. The summed E-state index contributed by atoms with van der Waals surface area (Å²) in [6.45, 7) is 0. The number of aromatic nitrogens is 2. The minimum atomic E-state index is -0.464. The molecule has 7 heteroatoms. The quantitative estimate of drug-likeness (QED) is 0.729. The molecule has 0 aliphatic heterocycles. The monoisotopic (exact) mass is 359 g/mol. The molecule has 0 saturated carbocycles. The zero-order valence-electron chi connectivity index (χ0n) is 13.2. The molecule has 1 heterocycles. The lowest BCUT2D eigenvalue weighted by atomic mass is 10.2. The maximum atomic E-state index is 13.0. The van der Waals surface area contributed by atoms with Crippen molar-refractivity contribution in [1.82, 2.24) is 9.97 Å².